The maximum atomic E-state index is 10.8. The fourth-order valence-corrected chi connectivity index (χ4v) is 1.87. The zero-order valence-electron chi connectivity index (χ0n) is 11.0. The highest BCUT2D eigenvalue weighted by Gasteiger charge is 2.14. The van der Waals surface area contributed by atoms with Crippen molar-refractivity contribution >= 4 is 5.97 Å². The van der Waals surface area contributed by atoms with E-state index in [1.807, 2.05) is 6.92 Å². The number of hydrogen-bond acceptors (Lipinski definition) is 4. The molecule has 5 nitrogen and oxygen atoms in total. The van der Waals surface area contributed by atoms with Gasteiger partial charge in [0.1, 0.15) is 0 Å². The van der Waals surface area contributed by atoms with Gasteiger partial charge in [-0.1, -0.05) is 37.6 Å². The number of nitrogens with zero attached hydrogens (tertiary/aromatic N) is 2. The summed E-state index contributed by atoms with van der Waals surface area (Å²) in [5, 5.41) is 12.8. The molecule has 0 radical (unpaired) electrons. The molecule has 0 fully saturated rings. The van der Waals surface area contributed by atoms with Crippen molar-refractivity contribution in [2.45, 2.75) is 32.6 Å². The predicted octanol–water partition coefficient (Wildman–Crippen LogP) is 3.34. The molecule has 0 saturated heterocycles. The lowest BCUT2D eigenvalue weighted by molar-refractivity contribution is 0.0697. The van der Waals surface area contributed by atoms with Crippen LogP contribution in [-0.2, 0) is 0 Å². The van der Waals surface area contributed by atoms with Crippen LogP contribution in [0.25, 0.3) is 11.4 Å². The Hall–Kier alpha value is -2.17. The first kappa shape index (κ1) is 13.3. The fraction of sp³-hybridized carbons (Fsp3) is 0.357. The highest BCUT2D eigenvalue weighted by molar-refractivity contribution is 5.88. The van der Waals surface area contributed by atoms with Gasteiger partial charge in [-0.15, -0.1) is 0 Å². The number of hydrogen-bond donors (Lipinski definition) is 1. The zero-order chi connectivity index (χ0) is 13.8. The van der Waals surface area contributed by atoms with Gasteiger partial charge >= 0.3 is 5.97 Å². The average molecular weight is 260 g/mol. The number of benzene rings is 1. The van der Waals surface area contributed by atoms with E-state index in [0.717, 1.165) is 18.4 Å². The van der Waals surface area contributed by atoms with Crippen molar-refractivity contribution in [2.24, 2.45) is 0 Å². The molecule has 19 heavy (non-hydrogen) atoms. The van der Waals surface area contributed by atoms with Gasteiger partial charge in [0.05, 0.1) is 5.56 Å². The van der Waals surface area contributed by atoms with Crippen LogP contribution in [0.5, 0.6) is 0 Å². The molecule has 1 heterocycles. The van der Waals surface area contributed by atoms with Crippen molar-refractivity contribution in [3.63, 3.8) is 0 Å². The van der Waals surface area contributed by atoms with Crippen LogP contribution in [0.15, 0.2) is 28.8 Å². The summed E-state index contributed by atoms with van der Waals surface area (Å²) >= 11 is 0. The van der Waals surface area contributed by atoms with Crippen molar-refractivity contribution in [1.29, 1.82) is 0 Å². The number of carbonyl (C=O) groups is 1. The van der Waals surface area contributed by atoms with Crippen LogP contribution in [-0.4, -0.2) is 21.2 Å². The average Bonchev–Trinajstić information content (AvgIpc) is 2.89. The van der Waals surface area contributed by atoms with Crippen LogP contribution in [0.3, 0.4) is 0 Å². The van der Waals surface area contributed by atoms with E-state index in [4.69, 9.17) is 9.63 Å². The highest BCUT2D eigenvalue weighted by atomic mass is 16.5. The van der Waals surface area contributed by atoms with Gasteiger partial charge in [0, 0.05) is 11.5 Å². The summed E-state index contributed by atoms with van der Waals surface area (Å²) in [6.07, 6.45) is 2.06. The molecule has 0 spiro atoms. The summed E-state index contributed by atoms with van der Waals surface area (Å²) in [5.41, 5.74) is 0.996. The first-order valence-corrected chi connectivity index (χ1v) is 6.29. The molecule has 1 unspecified atom stereocenters. The molecule has 1 aromatic carbocycles. The topological polar surface area (TPSA) is 76.2 Å². The van der Waals surface area contributed by atoms with Crippen LogP contribution in [0, 0.1) is 0 Å². The zero-order valence-corrected chi connectivity index (χ0v) is 11.0. The fourth-order valence-electron chi connectivity index (χ4n) is 1.87. The van der Waals surface area contributed by atoms with Crippen molar-refractivity contribution in [3.8, 4) is 11.4 Å². The van der Waals surface area contributed by atoms with E-state index in [2.05, 4.69) is 17.1 Å². The molecular weight excluding hydrogens is 244 g/mol. The minimum atomic E-state index is -0.947. The molecule has 100 valence electrons. The van der Waals surface area contributed by atoms with Crippen molar-refractivity contribution < 1.29 is 14.4 Å². The van der Waals surface area contributed by atoms with Gasteiger partial charge in [-0.05, 0) is 18.6 Å². The van der Waals surface area contributed by atoms with E-state index in [9.17, 15) is 4.79 Å². The third-order valence-corrected chi connectivity index (χ3v) is 2.98. The molecule has 1 aromatic heterocycles. The maximum Gasteiger partial charge on any atom is 0.335 e. The van der Waals surface area contributed by atoms with Crippen LogP contribution < -0.4 is 0 Å². The molecule has 2 rings (SSSR count). The Kier molecular flexibility index (Phi) is 3.94. The molecule has 0 aliphatic carbocycles. The summed E-state index contributed by atoms with van der Waals surface area (Å²) in [4.78, 5) is 15.1. The number of aromatic nitrogens is 2. The Morgan fingerprint density at radius 2 is 2.05 bits per heavy atom. The van der Waals surface area contributed by atoms with Crippen LogP contribution >= 0.6 is 0 Å². The minimum Gasteiger partial charge on any atom is -0.478 e. The molecule has 0 amide bonds. The van der Waals surface area contributed by atoms with Gasteiger partial charge in [0.2, 0.25) is 11.7 Å². The van der Waals surface area contributed by atoms with Crippen molar-refractivity contribution in [1.82, 2.24) is 10.1 Å². The second-order valence-electron chi connectivity index (χ2n) is 4.53. The van der Waals surface area contributed by atoms with Gasteiger partial charge < -0.3 is 9.63 Å². The minimum absolute atomic E-state index is 0.240. The Labute approximate surface area is 111 Å². The van der Waals surface area contributed by atoms with E-state index in [1.165, 1.54) is 12.1 Å². The Morgan fingerprint density at radius 1 is 1.37 bits per heavy atom. The standard InChI is InChI=1S/C14H16N2O3/c1-3-4-9(2)13-15-12(16-19-13)10-5-7-11(8-6-10)14(17)18/h5-9H,3-4H2,1-2H3,(H,17,18). The number of aromatic carboxylic acids is 1. The molecule has 0 aliphatic heterocycles. The van der Waals surface area contributed by atoms with Crippen molar-refractivity contribution in [3.05, 3.63) is 35.7 Å². The van der Waals surface area contributed by atoms with E-state index < -0.39 is 5.97 Å². The quantitative estimate of drug-likeness (QED) is 0.892. The lowest BCUT2D eigenvalue weighted by atomic mass is 10.1. The lowest BCUT2D eigenvalue weighted by Crippen LogP contribution is -1.95. The van der Waals surface area contributed by atoms with Crippen LogP contribution in [0.1, 0.15) is 48.9 Å². The van der Waals surface area contributed by atoms with Crippen molar-refractivity contribution in [2.75, 3.05) is 0 Å². The Morgan fingerprint density at radius 3 is 2.63 bits per heavy atom. The number of carboxylic acids is 1. The molecule has 1 atom stereocenters. The maximum absolute atomic E-state index is 10.8. The van der Waals surface area contributed by atoms with E-state index >= 15 is 0 Å². The second kappa shape index (κ2) is 5.65. The number of carboxylic acid groups (broad SMARTS) is 1. The third-order valence-electron chi connectivity index (χ3n) is 2.98. The van der Waals surface area contributed by atoms with Crippen LogP contribution in [0.2, 0.25) is 0 Å². The van der Waals surface area contributed by atoms with Gasteiger partial charge in [-0.2, -0.15) is 4.98 Å². The van der Waals surface area contributed by atoms with Gasteiger partial charge in [-0.25, -0.2) is 4.79 Å². The van der Waals surface area contributed by atoms with Gasteiger partial charge in [0.15, 0.2) is 0 Å². The van der Waals surface area contributed by atoms with Gasteiger partial charge in [0.25, 0.3) is 0 Å². The Balaban J connectivity index is 2.20. The molecular formula is C14H16N2O3. The van der Waals surface area contributed by atoms with Crippen LogP contribution in [0.4, 0.5) is 0 Å². The summed E-state index contributed by atoms with van der Waals surface area (Å²) in [6, 6.07) is 6.43. The highest BCUT2D eigenvalue weighted by Crippen LogP contribution is 2.22. The Bertz CT molecular complexity index is 560. The monoisotopic (exact) mass is 260 g/mol. The molecule has 1 N–H and O–H groups in total. The molecule has 0 bridgehead atoms. The van der Waals surface area contributed by atoms with E-state index in [1.54, 1.807) is 12.1 Å². The molecule has 2 aromatic rings. The molecule has 5 heteroatoms. The number of rotatable bonds is 5. The molecule has 0 aliphatic rings. The smallest absolute Gasteiger partial charge is 0.335 e. The second-order valence-corrected chi connectivity index (χ2v) is 4.53. The lowest BCUT2D eigenvalue weighted by Gasteiger charge is -2.01. The molecule has 0 saturated carbocycles. The summed E-state index contributed by atoms with van der Waals surface area (Å²) in [5.74, 6) is 0.413. The third kappa shape index (κ3) is 2.99. The first-order valence-electron chi connectivity index (χ1n) is 6.29. The SMILES string of the molecule is CCCC(C)c1nc(-c2ccc(C(=O)O)cc2)no1. The largest absolute Gasteiger partial charge is 0.478 e. The van der Waals surface area contributed by atoms with E-state index in [-0.39, 0.29) is 11.5 Å². The predicted molar refractivity (Wildman–Crippen MR) is 70.0 cm³/mol. The van der Waals surface area contributed by atoms with Gasteiger partial charge in [-0.3, -0.25) is 0 Å². The van der Waals surface area contributed by atoms with E-state index in [0.29, 0.717) is 11.7 Å². The first-order chi connectivity index (χ1) is 9.11. The summed E-state index contributed by atoms with van der Waals surface area (Å²) < 4.78 is 5.23. The summed E-state index contributed by atoms with van der Waals surface area (Å²) in [6.45, 7) is 4.16. The summed E-state index contributed by atoms with van der Waals surface area (Å²) in [7, 11) is 0. The normalized spacial score (nSPS) is 12.3.